The monoisotopic (exact) mass is 352 g/mol. The zero-order valence-electron chi connectivity index (χ0n) is 16.5. The maximum atomic E-state index is 11.5. The summed E-state index contributed by atoms with van der Waals surface area (Å²) in [6.45, 7) is 15.3. The van der Waals surface area contributed by atoms with Gasteiger partial charge in [0.25, 0.3) is 0 Å². The fourth-order valence-corrected chi connectivity index (χ4v) is 3.53. The summed E-state index contributed by atoms with van der Waals surface area (Å²) in [5.41, 5.74) is 1.09. The molecule has 0 saturated carbocycles. The number of unbranched alkanes of at least 4 members (excludes halogenated alkanes) is 3. The quantitative estimate of drug-likeness (QED) is 0.374. The Kier molecular flexibility index (Phi) is 8.61. The van der Waals surface area contributed by atoms with Gasteiger partial charge in [-0.3, -0.25) is 4.79 Å². The van der Waals surface area contributed by atoms with Crippen LogP contribution in [-0.2, 0) is 14.0 Å². The predicted molar refractivity (Wildman–Crippen MR) is 104 cm³/mol. The molecule has 0 heterocycles. The molecule has 0 amide bonds. The lowest BCUT2D eigenvalue weighted by Crippen LogP contribution is -2.40. The number of rotatable bonds is 11. The van der Waals surface area contributed by atoms with Crippen LogP contribution < -0.4 is 0 Å². The van der Waals surface area contributed by atoms with Gasteiger partial charge in [0.2, 0.25) is 0 Å². The summed E-state index contributed by atoms with van der Waals surface area (Å²) in [5, 5.41) is 0.294. The molecule has 0 aromatic heterocycles. The molecule has 1 aliphatic rings. The molecule has 1 atom stereocenters. The summed E-state index contributed by atoms with van der Waals surface area (Å²) >= 11 is 0. The van der Waals surface area contributed by atoms with E-state index < -0.39 is 8.32 Å². The van der Waals surface area contributed by atoms with E-state index in [9.17, 15) is 4.79 Å². The first-order valence-corrected chi connectivity index (χ1v) is 12.2. The number of hydrogen-bond acceptors (Lipinski definition) is 3. The van der Waals surface area contributed by atoms with Crippen LogP contribution in [0.1, 0.15) is 53.4 Å². The maximum Gasteiger partial charge on any atom is 0.191 e. The molecule has 1 rings (SSSR count). The van der Waals surface area contributed by atoms with E-state index in [1.54, 1.807) is 6.92 Å². The highest BCUT2D eigenvalue weighted by Crippen LogP contribution is 2.36. The standard InChI is InChI=1S/C20H36O3Si/c1-17(21)19-13-11-12-18(19)16-22-14-9-7-8-10-15-23-24(5,6)20(2,3)4/h11-13,19H,7-10,14-16H2,1-6H3. The zero-order valence-corrected chi connectivity index (χ0v) is 17.5. The van der Waals surface area contributed by atoms with Crippen molar-refractivity contribution in [2.75, 3.05) is 19.8 Å². The highest BCUT2D eigenvalue weighted by Gasteiger charge is 2.36. The number of ketones is 1. The summed E-state index contributed by atoms with van der Waals surface area (Å²) in [6.07, 6.45) is 10.5. The summed E-state index contributed by atoms with van der Waals surface area (Å²) in [6, 6.07) is 0. The highest BCUT2D eigenvalue weighted by molar-refractivity contribution is 6.74. The summed E-state index contributed by atoms with van der Waals surface area (Å²) < 4.78 is 11.9. The van der Waals surface area contributed by atoms with Crippen molar-refractivity contribution in [2.45, 2.75) is 71.5 Å². The van der Waals surface area contributed by atoms with E-state index in [1.807, 2.05) is 18.2 Å². The number of hydrogen-bond donors (Lipinski definition) is 0. The van der Waals surface area contributed by atoms with Gasteiger partial charge < -0.3 is 9.16 Å². The van der Waals surface area contributed by atoms with Crippen LogP contribution in [-0.4, -0.2) is 33.9 Å². The lowest BCUT2D eigenvalue weighted by Gasteiger charge is -2.36. The Morgan fingerprint density at radius 2 is 1.75 bits per heavy atom. The molecule has 1 unspecified atom stereocenters. The lowest BCUT2D eigenvalue weighted by atomic mass is 10.00. The molecule has 0 fully saturated rings. The molecule has 0 radical (unpaired) electrons. The van der Waals surface area contributed by atoms with E-state index in [4.69, 9.17) is 9.16 Å². The van der Waals surface area contributed by atoms with Crippen LogP contribution in [0.4, 0.5) is 0 Å². The second kappa shape index (κ2) is 9.69. The molecular formula is C20H36O3Si. The third-order valence-electron chi connectivity index (χ3n) is 5.17. The van der Waals surface area contributed by atoms with Gasteiger partial charge in [-0.1, -0.05) is 51.8 Å². The molecule has 0 aromatic carbocycles. The number of ether oxygens (including phenoxy) is 1. The molecule has 0 bridgehead atoms. The fraction of sp³-hybridized carbons (Fsp3) is 0.750. The highest BCUT2D eigenvalue weighted by atomic mass is 28.4. The van der Waals surface area contributed by atoms with Gasteiger partial charge in [-0.2, -0.15) is 0 Å². The number of carbonyl (C=O) groups is 1. The molecule has 0 spiro atoms. The Hall–Kier alpha value is -0.713. The average Bonchev–Trinajstić information content (AvgIpc) is 2.92. The van der Waals surface area contributed by atoms with Crippen molar-refractivity contribution in [1.29, 1.82) is 0 Å². The average molecular weight is 353 g/mol. The van der Waals surface area contributed by atoms with Gasteiger partial charge in [0.1, 0.15) is 5.78 Å². The first-order valence-electron chi connectivity index (χ1n) is 9.24. The van der Waals surface area contributed by atoms with Crippen molar-refractivity contribution in [3.05, 3.63) is 23.8 Å². The predicted octanol–water partition coefficient (Wildman–Crippen LogP) is 5.29. The van der Waals surface area contributed by atoms with Crippen LogP contribution in [0.2, 0.25) is 18.1 Å². The van der Waals surface area contributed by atoms with Gasteiger partial charge in [0, 0.05) is 13.2 Å². The minimum atomic E-state index is -1.58. The van der Waals surface area contributed by atoms with Crippen molar-refractivity contribution in [2.24, 2.45) is 5.92 Å². The largest absolute Gasteiger partial charge is 0.417 e. The lowest BCUT2D eigenvalue weighted by molar-refractivity contribution is -0.118. The smallest absolute Gasteiger partial charge is 0.191 e. The Balaban J connectivity index is 2.01. The van der Waals surface area contributed by atoms with E-state index in [-0.39, 0.29) is 11.7 Å². The van der Waals surface area contributed by atoms with Crippen LogP contribution in [0.3, 0.4) is 0 Å². The molecule has 0 aliphatic heterocycles. The third-order valence-corrected chi connectivity index (χ3v) is 9.71. The molecule has 3 nitrogen and oxygen atoms in total. The maximum absolute atomic E-state index is 11.5. The van der Waals surface area contributed by atoms with E-state index in [0.29, 0.717) is 11.6 Å². The third kappa shape index (κ3) is 7.04. The van der Waals surface area contributed by atoms with Crippen LogP contribution in [0.25, 0.3) is 0 Å². The van der Waals surface area contributed by atoms with E-state index in [0.717, 1.165) is 31.6 Å². The molecule has 0 N–H and O–H groups in total. The van der Waals surface area contributed by atoms with Gasteiger partial charge in [-0.25, -0.2) is 0 Å². The number of carbonyl (C=O) groups excluding carboxylic acids is 1. The molecule has 4 heteroatoms. The summed E-state index contributed by atoms with van der Waals surface area (Å²) in [5.74, 6) is 0.137. The van der Waals surface area contributed by atoms with Crippen molar-refractivity contribution in [1.82, 2.24) is 0 Å². The van der Waals surface area contributed by atoms with Crippen molar-refractivity contribution < 1.29 is 14.0 Å². The van der Waals surface area contributed by atoms with Gasteiger partial charge in [-0.15, -0.1) is 0 Å². The summed E-state index contributed by atoms with van der Waals surface area (Å²) in [4.78, 5) is 11.5. The first kappa shape index (κ1) is 21.3. The molecule has 138 valence electrons. The molecule has 0 saturated heterocycles. The van der Waals surface area contributed by atoms with E-state index in [1.165, 1.54) is 12.8 Å². The zero-order chi connectivity index (χ0) is 18.2. The Morgan fingerprint density at radius 1 is 1.12 bits per heavy atom. The van der Waals surface area contributed by atoms with Gasteiger partial charge >= 0.3 is 0 Å². The fourth-order valence-electron chi connectivity index (χ4n) is 2.45. The van der Waals surface area contributed by atoms with E-state index in [2.05, 4.69) is 33.9 Å². The molecule has 24 heavy (non-hydrogen) atoms. The van der Waals surface area contributed by atoms with Crippen LogP contribution in [0.15, 0.2) is 23.8 Å². The van der Waals surface area contributed by atoms with Crippen LogP contribution >= 0.6 is 0 Å². The molecule has 1 aliphatic carbocycles. The Morgan fingerprint density at radius 3 is 2.33 bits per heavy atom. The number of Topliss-reactive ketones (excluding diaryl/α,β-unsaturated/α-hetero) is 1. The van der Waals surface area contributed by atoms with Crippen molar-refractivity contribution in [3.63, 3.8) is 0 Å². The van der Waals surface area contributed by atoms with Gasteiger partial charge in [-0.05, 0) is 43.5 Å². The molecule has 0 aromatic rings. The SMILES string of the molecule is CC(=O)C1C=CC=C1COCCCCCCO[Si](C)(C)C(C)(C)C. The van der Waals surface area contributed by atoms with Crippen molar-refractivity contribution in [3.8, 4) is 0 Å². The topological polar surface area (TPSA) is 35.5 Å². The Labute approximate surface area is 149 Å². The van der Waals surface area contributed by atoms with Gasteiger partial charge in [0.15, 0.2) is 8.32 Å². The normalized spacial score (nSPS) is 18.1. The Bertz CT molecular complexity index is 458. The minimum Gasteiger partial charge on any atom is -0.417 e. The second-order valence-corrected chi connectivity index (χ2v) is 13.1. The van der Waals surface area contributed by atoms with E-state index >= 15 is 0 Å². The second-order valence-electron chi connectivity index (χ2n) is 8.29. The summed E-state index contributed by atoms with van der Waals surface area (Å²) in [7, 11) is -1.58. The van der Waals surface area contributed by atoms with Crippen LogP contribution in [0, 0.1) is 5.92 Å². The molecular weight excluding hydrogens is 316 g/mol. The van der Waals surface area contributed by atoms with Crippen LogP contribution in [0.5, 0.6) is 0 Å². The first-order chi connectivity index (χ1) is 11.1. The van der Waals surface area contributed by atoms with Crippen molar-refractivity contribution >= 4 is 14.1 Å². The number of allylic oxidation sites excluding steroid dienone is 3. The van der Waals surface area contributed by atoms with Gasteiger partial charge in [0.05, 0.1) is 12.5 Å². The minimum absolute atomic E-state index is 0.0579.